The summed E-state index contributed by atoms with van der Waals surface area (Å²) in [5, 5.41) is 2.89. The maximum Gasteiger partial charge on any atom is 0.251 e. The van der Waals surface area contributed by atoms with Crippen molar-refractivity contribution in [3.05, 3.63) is 58.3 Å². The fourth-order valence-corrected chi connectivity index (χ4v) is 2.11. The molecule has 110 valence electrons. The number of benzene rings is 1. The minimum Gasteiger partial charge on any atom is -0.491 e. The molecule has 2 rings (SSSR count). The van der Waals surface area contributed by atoms with Crippen LogP contribution in [0.4, 0.5) is 0 Å². The zero-order valence-electron chi connectivity index (χ0n) is 12.0. The van der Waals surface area contributed by atoms with E-state index in [-0.39, 0.29) is 11.9 Å². The van der Waals surface area contributed by atoms with Crippen LogP contribution in [0.1, 0.15) is 22.8 Å². The minimum atomic E-state index is -0.141. The van der Waals surface area contributed by atoms with Crippen LogP contribution in [0.2, 0.25) is 0 Å². The second-order valence-corrected chi connectivity index (χ2v) is 5.68. The Labute approximate surface area is 132 Å². The van der Waals surface area contributed by atoms with Crippen molar-refractivity contribution in [1.29, 1.82) is 0 Å². The number of carbonyl (C=O) groups is 1. The Morgan fingerprint density at radius 2 is 2.05 bits per heavy atom. The number of amides is 1. The first-order valence-corrected chi connectivity index (χ1v) is 7.46. The van der Waals surface area contributed by atoms with Gasteiger partial charge >= 0.3 is 0 Å². The molecule has 1 unspecified atom stereocenters. The molecule has 0 spiro atoms. The average molecular weight is 349 g/mol. The zero-order valence-corrected chi connectivity index (χ0v) is 13.6. The van der Waals surface area contributed by atoms with Crippen molar-refractivity contribution >= 4 is 21.8 Å². The van der Waals surface area contributed by atoms with E-state index in [9.17, 15) is 4.79 Å². The smallest absolute Gasteiger partial charge is 0.251 e. The van der Waals surface area contributed by atoms with Crippen LogP contribution in [0.5, 0.6) is 5.75 Å². The van der Waals surface area contributed by atoms with Crippen LogP contribution >= 0.6 is 15.9 Å². The standard InChI is InChI=1S/C16H17BrN2O2/c1-11-3-5-14(6-4-11)21-10-12(2)19-16(20)13-7-8-18-15(17)9-13/h3-9,12H,10H2,1-2H3,(H,19,20). The predicted octanol–water partition coefficient (Wildman–Crippen LogP) is 3.35. The molecule has 21 heavy (non-hydrogen) atoms. The van der Waals surface area contributed by atoms with Gasteiger partial charge < -0.3 is 10.1 Å². The minimum absolute atomic E-state index is 0.0919. The largest absolute Gasteiger partial charge is 0.491 e. The van der Waals surface area contributed by atoms with Gasteiger partial charge in [0.25, 0.3) is 5.91 Å². The summed E-state index contributed by atoms with van der Waals surface area (Å²) >= 11 is 3.25. The summed E-state index contributed by atoms with van der Waals surface area (Å²) in [7, 11) is 0. The molecular weight excluding hydrogens is 332 g/mol. The Hall–Kier alpha value is -1.88. The number of rotatable bonds is 5. The van der Waals surface area contributed by atoms with Crippen molar-refractivity contribution in [3.8, 4) is 5.75 Å². The number of carbonyl (C=O) groups excluding carboxylic acids is 1. The summed E-state index contributed by atoms with van der Waals surface area (Å²) in [6, 6.07) is 11.1. The molecule has 0 fully saturated rings. The third-order valence-electron chi connectivity index (χ3n) is 2.89. The molecule has 1 atom stereocenters. The Morgan fingerprint density at radius 1 is 1.33 bits per heavy atom. The summed E-state index contributed by atoms with van der Waals surface area (Å²) < 4.78 is 6.28. The van der Waals surface area contributed by atoms with E-state index < -0.39 is 0 Å². The molecule has 0 aliphatic carbocycles. The lowest BCUT2D eigenvalue weighted by Crippen LogP contribution is -2.36. The second kappa shape index (κ2) is 7.22. The first-order chi connectivity index (χ1) is 10.0. The molecule has 0 saturated carbocycles. The summed E-state index contributed by atoms with van der Waals surface area (Å²) in [6.45, 7) is 4.35. The molecule has 0 radical (unpaired) electrons. The normalized spacial score (nSPS) is 11.8. The maximum atomic E-state index is 12.0. The second-order valence-electron chi connectivity index (χ2n) is 4.87. The fourth-order valence-electron chi connectivity index (χ4n) is 1.75. The van der Waals surface area contributed by atoms with Gasteiger partial charge in [0, 0.05) is 11.8 Å². The van der Waals surface area contributed by atoms with Gasteiger partial charge in [0.15, 0.2) is 0 Å². The monoisotopic (exact) mass is 348 g/mol. The highest BCUT2D eigenvalue weighted by molar-refractivity contribution is 9.10. The number of ether oxygens (including phenoxy) is 1. The molecule has 1 aromatic carbocycles. The number of aryl methyl sites for hydroxylation is 1. The highest BCUT2D eigenvalue weighted by Crippen LogP contribution is 2.12. The first kappa shape index (κ1) is 15.5. The van der Waals surface area contributed by atoms with E-state index in [0.29, 0.717) is 16.8 Å². The lowest BCUT2D eigenvalue weighted by atomic mass is 10.2. The van der Waals surface area contributed by atoms with Crippen LogP contribution in [-0.2, 0) is 0 Å². The topological polar surface area (TPSA) is 51.2 Å². The van der Waals surface area contributed by atoms with Crippen LogP contribution in [0.3, 0.4) is 0 Å². The molecule has 1 N–H and O–H groups in total. The van der Waals surface area contributed by atoms with E-state index in [1.54, 1.807) is 18.3 Å². The van der Waals surface area contributed by atoms with E-state index in [1.807, 2.05) is 38.1 Å². The SMILES string of the molecule is Cc1ccc(OCC(C)NC(=O)c2ccnc(Br)c2)cc1. The molecule has 4 nitrogen and oxygen atoms in total. The molecule has 1 heterocycles. The lowest BCUT2D eigenvalue weighted by molar-refractivity contribution is 0.0926. The van der Waals surface area contributed by atoms with Crippen LogP contribution in [0.15, 0.2) is 47.2 Å². The molecule has 1 amide bonds. The highest BCUT2D eigenvalue weighted by Gasteiger charge is 2.10. The number of aromatic nitrogens is 1. The van der Waals surface area contributed by atoms with Crippen molar-refractivity contribution in [2.75, 3.05) is 6.61 Å². The van der Waals surface area contributed by atoms with E-state index >= 15 is 0 Å². The number of nitrogens with zero attached hydrogens (tertiary/aromatic N) is 1. The Kier molecular flexibility index (Phi) is 5.33. The third-order valence-corrected chi connectivity index (χ3v) is 3.32. The maximum absolute atomic E-state index is 12.0. The Balaban J connectivity index is 1.85. The number of pyridine rings is 1. The summed E-state index contributed by atoms with van der Waals surface area (Å²) in [4.78, 5) is 16.0. The molecule has 0 aliphatic rings. The highest BCUT2D eigenvalue weighted by atomic mass is 79.9. The summed E-state index contributed by atoms with van der Waals surface area (Å²) in [5.41, 5.74) is 1.76. The van der Waals surface area contributed by atoms with Gasteiger partial charge in [0.05, 0.1) is 6.04 Å². The zero-order chi connectivity index (χ0) is 15.2. The molecular formula is C16H17BrN2O2. The van der Waals surface area contributed by atoms with Gasteiger partial charge in [-0.3, -0.25) is 4.79 Å². The molecule has 2 aromatic rings. The van der Waals surface area contributed by atoms with Crippen LogP contribution < -0.4 is 10.1 Å². The number of hydrogen-bond donors (Lipinski definition) is 1. The molecule has 1 aromatic heterocycles. The quantitative estimate of drug-likeness (QED) is 0.843. The lowest BCUT2D eigenvalue weighted by Gasteiger charge is -2.15. The van der Waals surface area contributed by atoms with Gasteiger partial charge in [-0.1, -0.05) is 17.7 Å². The molecule has 0 bridgehead atoms. The van der Waals surface area contributed by atoms with Gasteiger partial charge in [-0.2, -0.15) is 0 Å². The van der Waals surface area contributed by atoms with Crippen LogP contribution in [-0.4, -0.2) is 23.5 Å². The molecule has 5 heteroatoms. The average Bonchev–Trinajstić information content (AvgIpc) is 2.46. The van der Waals surface area contributed by atoms with Crippen LogP contribution in [0.25, 0.3) is 0 Å². The van der Waals surface area contributed by atoms with Crippen molar-refractivity contribution < 1.29 is 9.53 Å². The van der Waals surface area contributed by atoms with Crippen molar-refractivity contribution in [1.82, 2.24) is 10.3 Å². The van der Waals surface area contributed by atoms with Crippen molar-refractivity contribution in [2.24, 2.45) is 0 Å². The van der Waals surface area contributed by atoms with Gasteiger partial charge in [-0.05, 0) is 54.0 Å². The van der Waals surface area contributed by atoms with Crippen molar-refractivity contribution in [2.45, 2.75) is 19.9 Å². The predicted molar refractivity (Wildman–Crippen MR) is 85.5 cm³/mol. The summed E-state index contributed by atoms with van der Waals surface area (Å²) in [6.07, 6.45) is 1.59. The molecule has 0 aliphatic heterocycles. The van der Waals surface area contributed by atoms with Gasteiger partial charge in [-0.25, -0.2) is 4.98 Å². The van der Waals surface area contributed by atoms with Gasteiger partial charge in [0.1, 0.15) is 17.0 Å². The van der Waals surface area contributed by atoms with E-state index in [2.05, 4.69) is 26.2 Å². The Bertz CT molecular complexity index is 614. The summed E-state index contributed by atoms with van der Waals surface area (Å²) in [5.74, 6) is 0.659. The van der Waals surface area contributed by atoms with E-state index in [4.69, 9.17) is 4.74 Å². The molecule has 0 saturated heterocycles. The fraction of sp³-hybridized carbons (Fsp3) is 0.250. The van der Waals surface area contributed by atoms with Gasteiger partial charge in [-0.15, -0.1) is 0 Å². The Morgan fingerprint density at radius 3 is 2.71 bits per heavy atom. The van der Waals surface area contributed by atoms with E-state index in [0.717, 1.165) is 5.75 Å². The number of halogens is 1. The third kappa shape index (κ3) is 4.86. The van der Waals surface area contributed by atoms with Gasteiger partial charge in [0.2, 0.25) is 0 Å². The van der Waals surface area contributed by atoms with Crippen molar-refractivity contribution in [3.63, 3.8) is 0 Å². The number of nitrogens with one attached hydrogen (secondary N) is 1. The van der Waals surface area contributed by atoms with E-state index in [1.165, 1.54) is 5.56 Å². The first-order valence-electron chi connectivity index (χ1n) is 6.66. The van der Waals surface area contributed by atoms with Crippen LogP contribution in [0, 0.1) is 6.92 Å². The number of hydrogen-bond acceptors (Lipinski definition) is 3.